The summed E-state index contributed by atoms with van der Waals surface area (Å²) >= 11 is 0. The number of nitrogens with one attached hydrogen (secondary N) is 1. The molecule has 0 aromatic heterocycles. The molecule has 29 heavy (non-hydrogen) atoms. The Balaban J connectivity index is 2.06. The van der Waals surface area contributed by atoms with Crippen molar-refractivity contribution in [2.24, 2.45) is 0 Å². The molecule has 0 saturated carbocycles. The number of carbonyl (C=O) groups is 2. The molecule has 8 nitrogen and oxygen atoms in total. The van der Waals surface area contributed by atoms with E-state index in [1.165, 1.54) is 19.2 Å². The van der Waals surface area contributed by atoms with Crippen LogP contribution in [-0.4, -0.2) is 30.5 Å². The van der Waals surface area contributed by atoms with Crippen molar-refractivity contribution in [2.75, 3.05) is 19.0 Å². The third-order valence-corrected chi connectivity index (χ3v) is 3.60. The SMILES string of the molecule is COCc1cccc(C(=O)OCC(=O)Nc2ccc([N+](=O)[O-])cc2C(F)(F)F)c1. The van der Waals surface area contributed by atoms with Gasteiger partial charge in [-0.25, -0.2) is 4.79 Å². The fourth-order valence-corrected chi connectivity index (χ4v) is 2.34. The Hall–Kier alpha value is -3.47. The van der Waals surface area contributed by atoms with Crippen molar-refractivity contribution >= 4 is 23.3 Å². The van der Waals surface area contributed by atoms with Gasteiger partial charge in [0.1, 0.15) is 0 Å². The van der Waals surface area contributed by atoms with Crippen LogP contribution in [0.15, 0.2) is 42.5 Å². The molecule has 0 saturated heterocycles. The Morgan fingerprint density at radius 2 is 1.90 bits per heavy atom. The largest absolute Gasteiger partial charge is 0.452 e. The smallest absolute Gasteiger partial charge is 0.418 e. The summed E-state index contributed by atoms with van der Waals surface area (Å²) in [5.74, 6) is -1.89. The van der Waals surface area contributed by atoms with Crippen LogP contribution in [0.25, 0.3) is 0 Å². The summed E-state index contributed by atoms with van der Waals surface area (Å²) in [5.41, 5.74) is -2.03. The van der Waals surface area contributed by atoms with Gasteiger partial charge in [-0.3, -0.25) is 14.9 Å². The molecule has 154 valence electrons. The second-order valence-electron chi connectivity index (χ2n) is 5.74. The van der Waals surface area contributed by atoms with Gasteiger partial charge in [0, 0.05) is 19.2 Å². The molecule has 0 atom stereocenters. The van der Waals surface area contributed by atoms with Crippen molar-refractivity contribution in [3.63, 3.8) is 0 Å². The molecule has 2 rings (SSSR count). The standard InChI is InChI=1S/C18H15F3N2O6/c1-28-9-11-3-2-4-12(7-11)17(25)29-10-16(24)22-15-6-5-13(23(26)27)8-14(15)18(19,20)21/h2-8H,9-10H2,1H3,(H,22,24). The molecule has 11 heteroatoms. The molecule has 0 heterocycles. The number of esters is 1. The van der Waals surface area contributed by atoms with Gasteiger partial charge in [-0.05, 0) is 23.8 Å². The Morgan fingerprint density at radius 1 is 1.17 bits per heavy atom. The minimum atomic E-state index is -4.94. The van der Waals surface area contributed by atoms with E-state index >= 15 is 0 Å². The Morgan fingerprint density at radius 3 is 2.52 bits per heavy atom. The van der Waals surface area contributed by atoms with Crippen LogP contribution in [0.2, 0.25) is 0 Å². The van der Waals surface area contributed by atoms with Crippen LogP contribution < -0.4 is 5.32 Å². The number of carbonyl (C=O) groups excluding carboxylic acids is 2. The van der Waals surface area contributed by atoms with E-state index in [9.17, 15) is 32.9 Å². The van der Waals surface area contributed by atoms with E-state index in [1.54, 1.807) is 12.1 Å². The second-order valence-corrected chi connectivity index (χ2v) is 5.74. The third kappa shape index (κ3) is 6.01. The number of alkyl halides is 3. The number of halogens is 3. The first-order valence-electron chi connectivity index (χ1n) is 8.02. The van der Waals surface area contributed by atoms with E-state index in [0.29, 0.717) is 11.6 Å². The van der Waals surface area contributed by atoms with Crippen LogP contribution in [0.4, 0.5) is 24.5 Å². The first-order valence-corrected chi connectivity index (χ1v) is 8.02. The van der Waals surface area contributed by atoms with Gasteiger partial charge in [-0.1, -0.05) is 12.1 Å². The number of nitro benzene ring substituents is 1. The van der Waals surface area contributed by atoms with Crippen LogP contribution in [0.1, 0.15) is 21.5 Å². The van der Waals surface area contributed by atoms with Gasteiger partial charge in [0.25, 0.3) is 11.6 Å². The molecule has 0 fully saturated rings. The van der Waals surface area contributed by atoms with Crippen LogP contribution in [0.3, 0.4) is 0 Å². The van der Waals surface area contributed by atoms with Gasteiger partial charge in [-0.15, -0.1) is 0 Å². The average molecular weight is 412 g/mol. The number of benzene rings is 2. The van der Waals surface area contributed by atoms with Crippen molar-refractivity contribution in [3.05, 3.63) is 69.3 Å². The normalized spacial score (nSPS) is 11.0. The van der Waals surface area contributed by atoms with Crippen molar-refractivity contribution in [1.29, 1.82) is 0 Å². The number of non-ortho nitro benzene ring substituents is 1. The van der Waals surface area contributed by atoms with E-state index < -0.39 is 46.5 Å². The number of nitrogens with zero attached hydrogens (tertiary/aromatic N) is 1. The van der Waals surface area contributed by atoms with Gasteiger partial charge in [0.15, 0.2) is 6.61 Å². The van der Waals surface area contributed by atoms with Crippen molar-refractivity contribution in [2.45, 2.75) is 12.8 Å². The van der Waals surface area contributed by atoms with Crippen LogP contribution in [0.5, 0.6) is 0 Å². The van der Waals surface area contributed by atoms with Crippen molar-refractivity contribution < 1.29 is 37.2 Å². The summed E-state index contributed by atoms with van der Waals surface area (Å²) in [7, 11) is 1.47. The van der Waals surface area contributed by atoms with Gasteiger partial charge in [-0.2, -0.15) is 13.2 Å². The number of hydrogen-bond donors (Lipinski definition) is 1. The minimum Gasteiger partial charge on any atom is -0.452 e. The minimum absolute atomic E-state index is 0.138. The summed E-state index contributed by atoms with van der Waals surface area (Å²) in [6.45, 7) is -0.594. The fourth-order valence-electron chi connectivity index (χ4n) is 2.34. The summed E-state index contributed by atoms with van der Waals surface area (Å²) in [4.78, 5) is 33.6. The Bertz CT molecular complexity index is 930. The molecule has 1 amide bonds. The highest BCUT2D eigenvalue weighted by atomic mass is 19.4. The highest BCUT2D eigenvalue weighted by molar-refractivity contribution is 5.96. The highest BCUT2D eigenvalue weighted by Crippen LogP contribution is 2.37. The van der Waals surface area contributed by atoms with Gasteiger partial charge >= 0.3 is 12.1 Å². The third-order valence-electron chi connectivity index (χ3n) is 3.60. The van der Waals surface area contributed by atoms with Gasteiger partial charge in [0.2, 0.25) is 0 Å². The molecule has 0 radical (unpaired) electrons. The molecule has 0 aliphatic rings. The first-order chi connectivity index (χ1) is 13.6. The number of nitro groups is 1. The maximum atomic E-state index is 13.1. The zero-order chi connectivity index (χ0) is 21.6. The zero-order valence-corrected chi connectivity index (χ0v) is 15.0. The molecule has 2 aromatic carbocycles. The van der Waals surface area contributed by atoms with Gasteiger partial charge in [0.05, 0.1) is 28.3 Å². The van der Waals surface area contributed by atoms with E-state index in [-0.39, 0.29) is 12.2 Å². The lowest BCUT2D eigenvalue weighted by molar-refractivity contribution is -0.385. The van der Waals surface area contributed by atoms with E-state index in [4.69, 9.17) is 9.47 Å². The Labute approximate surface area is 162 Å². The monoisotopic (exact) mass is 412 g/mol. The number of anilines is 1. The molecule has 0 bridgehead atoms. The van der Waals surface area contributed by atoms with Crippen LogP contribution in [-0.2, 0) is 27.1 Å². The highest BCUT2D eigenvalue weighted by Gasteiger charge is 2.35. The van der Waals surface area contributed by atoms with E-state index in [2.05, 4.69) is 0 Å². The van der Waals surface area contributed by atoms with Crippen molar-refractivity contribution in [3.8, 4) is 0 Å². The molecule has 1 N–H and O–H groups in total. The summed E-state index contributed by atoms with van der Waals surface area (Å²) in [6.07, 6.45) is -4.94. The second kappa shape index (κ2) is 9.15. The number of hydrogen-bond acceptors (Lipinski definition) is 6. The summed E-state index contributed by atoms with van der Waals surface area (Å²) in [6, 6.07) is 8.10. The number of amides is 1. The lowest BCUT2D eigenvalue weighted by Gasteiger charge is -2.13. The molecule has 0 unspecified atom stereocenters. The number of methoxy groups -OCH3 is 1. The molecular weight excluding hydrogens is 397 g/mol. The maximum absolute atomic E-state index is 13.1. The topological polar surface area (TPSA) is 108 Å². The maximum Gasteiger partial charge on any atom is 0.418 e. The van der Waals surface area contributed by atoms with Crippen LogP contribution in [0, 0.1) is 10.1 Å². The summed E-state index contributed by atoms with van der Waals surface area (Å²) in [5, 5.41) is 12.6. The van der Waals surface area contributed by atoms with Gasteiger partial charge < -0.3 is 14.8 Å². The lowest BCUT2D eigenvalue weighted by Crippen LogP contribution is -2.23. The number of ether oxygens (including phenoxy) is 2. The predicted molar refractivity (Wildman–Crippen MR) is 94.2 cm³/mol. The zero-order valence-electron chi connectivity index (χ0n) is 15.0. The molecule has 2 aromatic rings. The quantitative estimate of drug-likeness (QED) is 0.423. The summed E-state index contributed by atoms with van der Waals surface area (Å²) < 4.78 is 49.1. The van der Waals surface area contributed by atoms with Crippen molar-refractivity contribution in [1.82, 2.24) is 0 Å². The average Bonchev–Trinajstić information content (AvgIpc) is 2.66. The molecule has 0 aliphatic heterocycles. The molecule has 0 aliphatic carbocycles. The first kappa shape index (κ1) is 21.8. The molecule has 0 spiro atoms. The lowest BCUT2D eigenvalue weighted by atomic mass is 10.1. The molecular formula is C18H15F3N2O6. The number of rotatable bonds is 7. The van der Waals surface area contributed by atoms with E-state index in [0.717, 1.165) is 12.1 Å². The fraction of sp³-hybridized carbons (Fsp3) is 0.222. The van der Waals surface area contributed by atoms with E-state index in [1.807, 2.05) is 5.32 Å². The van der Waals surface area contributed by atoms with Crippen LogP contribution >= 0.6 is 0 Å². The predicted octanol–water partition coefficient (Wildman–Crippen LogP) is 3.56. The Kier molecular flexibility index (Phi) is 6.89.